The van der Waals surface area contributed by atoms with Gasteiger partial charge in [0.25, 0.3) is 0 Å². The van der Waals surface area contributed by atoms with Crippen molar-refractivity contribution in [2.75, 3.05) is 0 Å². The number of unbranched alkanes of at least 4 members (excludes halogenated alkanes) is 27. The minimum atomic E-state index is 1.04. The summed E-state index contributed by atoms with van der Waals surface area (Å²) in [7, 11) is 0. The Kier molecular flexibility index (Phi) is 40.8. The van der Waals surface area contributed by atoms with E-state index >= 15 is 0 Å². The van der Waals surface area contributed by atoms with E-state index in [0.29, 0.717) is 0 Å². The number of aryl methyl sites for hydroxylation is 4. The van der Waals surface area contributed by atoms with E-state index < -0.39 is 0 Å². The molecule has 70 heavy (non-hydrogen) atoms. The molecule has 0 radical (unpaired) electrons. The molecule has 0 spiro atoms. The van der Waals surface area contributed by atoms with Crippen LogP contribution in [-0.4, -0.2) is 4.70 Å². The molecule has 3 heteroatoms. The quantitative estimate of drug-likeness (QED) is 0.0359. The average molecular weight is 1010 g/mol. The molecule has 1 aliphatic rings. The first kappa shape index (κ1) is 64.1. The van der Waals surface area contributed by atoms with Crippen molar-refractivity contribution in [1.82, 2.24) is 0 Å². The van der Waals surface area contributed by atoms with Crippen molar-refractivity contribution in [1.29, 1.82) is 0 Å². The summed E-state index contributed by atoms with van der Waals surface area (Å²) in [4.78, 5) is 0. The molecule has 0 amide bonds. The molecule has 0 saturated heterocycles. The SMILES string of the molecule is CCCCCCCCC1=C(c2cc(CCCC)cc(CCCCC)c2)[N+](=[N-])C(c2cc(CCCC)cc(CCCCC)c2)=C1CCCCC.CCCCCCCCC[CH2][Ni][CH2]CCCCCCCCC. The zero-order valence-corrected chi connectivity index (χ0v) is 49.1. The molecule has 0 N–H and O–H groups in total. The first-order valence-corrected chi connectivity index (χ1v) is 32.5. The van der Waals surface area contributed by atoms with E-state index in [1.165, 1.54) is 280 Å². The summed E-state index contributed by atoms with van der Waals surface area (Å²) in [6, 6.07) is 14.7. The monoisotopic (exact) mass is 1010 g/mol. The van der Waals surface area contributed by atoms with Crippen LogP contribution in [0.3, 0.4) is 0 Å². The van der Waals surface area contributed by atoms with Crippen LogP contribution in [0, 0.1) is 0 Å². The van der Waals surface area contributed by atoms with Crippen LogP contribution in [0.4, 0.5) is 0 Å². The Morgan fingerprint density at radius 2 is 0.529 bits per heavy atom. The van der Waals surface area contributed by atoms with Gasteiger partial charge in [0, 0.05) is 22.3 Å². The summed E-state index contributed by atoms with van der Waals surface area (Å²) in [5.41, 5.74) is 25.8. The van der Waals surface area contributed by atoms with Crippen molar-refractivity contribution in [3.63, 3.8) is 0 Å². The molecule has 2 aromatic carbocycles. The third-order valence-electron chi connectivity index (χ3n) is 14.8. The molecule has 1 heterocycles. The maximum absolute atomic E-state index is 12.6. The Balaban J connectivity index is 0.000000671. The summed E-state index contributed by atoms with van der Waals surface area (Å²) in [5.74, 6) is 0. The molecule has 2 aromatic rings. The van der Waals surface area contributed by atoms with Gasteiger partial charge in [0.15, 0.2) is 0 Å². The first-order chi connectivity index (χ1) is 34.4. The van der Waals surface area contributed by atoms with Gasteiger partial charge in [-0.05, 0) is 124 Å². The molecule has 2 nitrogen and oxygen atoms in total. The van der Waals surface area contributed by atoms with Gasteiger partial charge in [-0.1, -0.05) is 137 Å². The predicted octanol–water partition coefficient (Wildman–Crippen LogP) is 23.5. The predicted molar refractivity (Wildman–Crippen MR) is 311 cm³/mol. The van der Waals surface area contributed by atoms with Crippen LogP contribution in [0.1, 0.15) is 326 Å². The summed E-state index contributed by atoms with van der Waals surface area (Å²) >= 11 is 2.02. The molecule has 3 rings (SSSR count). The van der Waals surface area contributed by atoms with Crippen LogP contribution >= 0.6 is 0 Å². The van der Waals surface area contributed by atoms with Gasteiger partial charge < -0.3 is 5.53 Å². The molecule has 0 aromatic heterocycles. The van der Waals surface area contributed by atoms with Crippen molar-refractivity contribution >= 4 is 11.4 Å². The van der Waals surface area contributed by atoms with E-state index in [1.807, 2.05) is 14.4 Å². The van der Waals surface area contributed by atoms with E-state index in [2.05, 4.69) is 91.8 Å². The third kappa shape index (κ3) is 28.5. The van der Waals surface area contributed by atoms with E-state index in [9.17, 15) is 5.53 Å². The van der Waals surface area contributed by atoms with Crippen molar-refractivity contribution < 1.29 is 19.1 Å². The van der Waals surface area contributed by atoms with Gasteiger partial charge in [0.05, 0.1) is 0 Å². The molecule has 0 aliphatic carbocycles. The van der Waals surface area contributed by atoms with Crippen LogP contribution in [0.25, 0.3) is 16.9 Å². The van der Waals surface area contributed by atoms with Crippen molar-refractivity contribution in [3.8, 4) is 0 Å². The van der Waals surface area contributed by atoms with Crippen LogP contribution in [-0.2, 0) is 40.1 Å². The van der Waals surface area contributed by atoms with Gasteiger partial charge in [-0.3, -0.25) is 0 Å². The molecule has 0 saturated carbocycles. The zero-order valence-electron chi connectivity index (χ0n) is 48.1. The molecular formula is C67H116N2Ni. The normalized spacial score (nSPS) is 12.8. The van der Waals surface area contributed by atoms with Gasteiger partial charge >= 0.3 is 142 Å². The van der Waals surface area contributed by atoms with E-state index in [0.717, 1.165) is 49.9 Å². The molecule has 0 bridgehead atoms. The second-order valence-corrected chi connectivity index (χ2v) is 23.0. The standard InChI is InChI=1S/C47H74N2.2C10H21.Ni/c1-7-13-19-20-21-25-31-45-44(30-24-16-10-4)46(42-34-38(26-17-11-5)32-40(36-42)28-22-14-8-2)49(48)47(45)43-35-39(27-18-12-6)33-41(37-43)29-23-15-9-3;2*1-3-5-7-9-10-8-6-4-2;/h32-37H,7-31H2,1-6H3;2*1,3-10H2,2H3;. The Bertz CT molecular complexity index is 1630. The second-order valence-electron chi connectivity index (χ2n) is 21.6. The fourth-order valence-electron chi connectivity index (χ4n) is 10.4. The van der Waals surface area contributed by atoms with Gasteiger partial charge in [-0.15, -0.1) is 0 Å². The molecule has 0 unspecified atom stereocenters. The Hall–Kier alpha value is -1.99. The number of nitrogens with zero attached hydrogens (tertiary/aromatic N) is 2. The summed E-state index contributed by atoms with van der Waals surface area (Å²) in [6.07, 6.45) is 53.5. The van der Waals surface area contributed by atoms with E-state index in [-0.39, 0.29) is 0 Å². The second kappa shape index (κ2) is 44.5. The van der Waals surface area contributed by atoms with Crippen LogP contribution in [0.15, 0.2) is 47.5 Å². The van der Waals surface area contributed by atoms with Crippen LogP contribution < -0.4 is 0 Å². The Labute approximate surface area is 444 Å². The van der Waals surface area contributed by atoms with Crippen molar-refractivity contribution in [3.05, 3.63) is 86.5 Å². The maximum atomic E-state index is 12.6. The molecule has 1 aliphatic heterocycles. The third-order valence-corrected chi connectivity index (χ3v) is 16.1. The van der Waals surface area contributed by atoms with Crippen LogP contribution in [0.5, 0.6) is 0 Å². The van der Waals surface area contributed by atoms with Gasteiger partial charge in [0.1, 0.15) is 0 Å². The van der Waals surface area contributed by atoms with Crippen LogP contribution in [0.2, 0.25) is 10.8 Å². The average Bonchev–Trinajstić information content (AvgIpc) is 3.64. The summed E-state index contributed by atoms with van der Waals surface area (Å²) in [6.45, 7) is 18.4. The zero-order chi connectivity index (χ0) is 50.7. The number of allylic oxidation sites excluding steroid dienone is 2. The van der Waals surface area contributed by atoms with E-state index in [4.69, 9.17) is 0 Å². The van der Waals surface area contributed by atoms with Gasteiger partial charge in [-0.2, -0.15) is 0 Å². The Morgan fingerprint density at radius 3 is 0.857 bits per heavy atom. The number of rotatable bonds is 45. The number of hydrogen-bond donors (Lipinski definition) is 0. The Morgan fingerprint density at radius 1 is 0.286 bits per heavy atom. The molecular weight excluding hydrogens is 891 g/mol. The minimum absolute atomic E-state index is 1.04. The summed E-state index contributed by atoms with van der Waals surface area (Å²) < 4.78 is 1.68. The van der Waals surface area contributed by atoms with E-state index in [1.54, 1.807) is 4.70 Å². The molecule has 0 atom stereocenters. The molecule has 404 valence electrons. The fourth-order valence-corrected chi connectivity index (χ4v) is 11.6. The van der Waals surface area contributed by atoms with Crippen molar-refractivity contribution in [2.45, 2.75) is 329 Å². The fraction of sp³-hybridized carbons (Fsp3) is 0.761. The van der Waals surface area contributed by atoms with Gasteiger partial charge in [-0.25, -0.2) is 4.70 Å². The number of benzene rings is 2. The summed E-state index contributed by atoms with van der Waals surface area (Å²) in [5, 5.41) is 2.86. The van der Waals surface area contributed by atoms with Gasteiger partial charge in [0.2, 0.25) is 11.4 Å². The van der Waals surface area contributed by atoms with Crippen molar-refractivity contribution in [2.24, 2.45) is 0 Å². The topological polar surface area (TPSA) is 25.3 Å². The first-order valence-electron chi connectivity index (χ1n) is 31.1. The number of hydrogen-bond acceptors (Lipinski definition) is 0. The molecule has 0 fully saturated rings.